The SMILES string of the molecule is CC1CC1CN1Cc2ccc(N)cc2C1. The van der Waals surface area contributed by atoms with Crippen LogP contribution in [0.4, 0.5) is 5.69 Å². The molecule has 2 aliphatic rings. The summed E-state index contributed by atoms with van der Waals surface area (Å²) in [6.45, 7) is 5.85. The molecule has 1 aromatic rings. The molecule has 2 atom stereocenters. The van der Waals surface area contributed by atoms with Crippen LogP contribution in [0.1, 0.15) is 24.5 Å². The van der Waals surface area contributed by atoms with Gasteiger partial charge in [0, 0.05) is 25.3 Å². The molecular formula is C13H18N2. The summed E-state index contributed by atoms with van der Waals surface area (Å²) in [4.78, 5) is 2.55. The molecule has 1 aliphatic heterocycles. The van der Waals surface area contributed by atoms with Crippen molar-refractivity contribution < 1.29 is 0 Å². The van der Waals surface area contributed by atoms with Gasteiger partial charge in [-0.2, -0.15) is 0 Å². The van der Waals surface area contributed by atoms with Crippen LogP contribution in [0.3, 0.4) is 0 Å². The minimum Gasteiger partial charge on any atom is -0.399 e. The van der Waals surface area contributed by atoms with Crippen LogP contribution in [0.25, 0.3) is 0 Å². The van der Waals surface area contributed by atoms with E-state index < -0.39 is 0 Å². The van der Waals surface area contributed by atoms with E-state index in [-0.39, 0.29) is 0 Å². The molecule has 80 valence electrons. The Morgan fingerprint density at radius 1 is 1.33 bits per heavy atom. The number of nitrogens with two attached hydrogens (primary N) is 1. The lowest BCUT2D eigenvalue weighted by Crippen LogP contribution is -2.19. The van der Waals surface area contributed by atoms with Crippen molar-refractivity contribution in [3.05, 3.63) is 29.3 Å². The zero-order valence-electron chi connectivity index (χ0n) is 9.24. The van der Waals surface area contributed by atoms with Crippen molar-refractivity contribution in [1.29, 1.82) is 0 Å². The second kappa shape index (κ2) is 3.24. The Kier molecular flexibility index (Phi) is 1.99. The molecule has 15 heavy (non-hydrogen) atoms. The number of hydrogen-bond donors (Lipinski definition) is 1. The number of nitrogen functional groups attached to an aromatic ring is 1. The molecule has 2 nitrogen and oxygen atoms in total. The van der Waals surface area contributed by atoms with E-state index in [2.05, 4.69) is 24.0 Å². The van der Waals surface area contributed by atoms with Gasteiger partial charge in [0.2, 0.25) is 0 Å². The molecule has 0 amide bonds. The third-order valence-electron chi connectivity index (χ3n) is 3.79. The summed E-state index contributed by atoms with van der Waals surface area (Å²) in [7, 11) is 0. The highest BCUT2D eigenvalue weighted by atomic mass is 15.1. The second-order valence-electron chi connectivity index (χ2n) is 5.17. The number of fused-ring (bicyclic) bond motifs is 1. The van der Waals surface area contributed by atoms with E-state index in [0.29, 0.717) is 0 Å². The summed E-state index contributed by atoms with van der Waals surface area (Å²) in [5, 5.41) is 0. The van der Waals surface area contributed by atoms with E-state index in [1.807, 2.05) is 6.07 Å². The summed E-state index contributed by atoms with van der Waals surface area (Å²) < 4.78 is 0. The highest BCUT2D eigenvalue weighted by Gasteiger charge is 2.35. The zero-order chi connectivity index (χ0) is 10.4. The minimum atomic E-state index is 0.899. The van der Waals surface area contributed by atoms with Crippen molar-refractivity contribution in [3.63, 3.8) is 0 Å². The largest absolute Gasteiger partial charge is 0.399 e. The fraction of sp³-hybridized carbons (Fsp3) is 0.538. The topological polar surface area (TPSA) is 29.3 Å². The van der Waals surface area contributed by atoms with Crippen LogP contribution in [-0.2, 0) is 13.1 Å². The molecule has 2 heteroatoms. The maximum absolute atomic E-state index is 5.79. The van der Waals surface area contributed by atoms with E-state index in [1.54, 1.807) is 0 Å². The first-order valence-electron chi connectivity index (χ1n) is 5.82. The Balaban J connectivity index is 1.69. The predicted octanol–water partition coefficient (Wildman–Crippen LogP) is 2.24. The molecular weight excluding hydrogens is 184 g/mol. The van der Waals surface area contributed by atoms with Crippen LogP contribution in [0.2, 0.25) is 0 Å². The number of benzene rings is 1. The van der Waals surface area contributed by atoms with E-state index in [4.69, 9.17) is 5.73 Å². The molecule has 0 bridgehead atoms. The second-order valence-corrected chi connectivity index (χ2v) is 5.17. The molecule has 1 saturated carbocycles. The summed E-state index contributed by atoms with van der Waals surface area (Å²) in [6.07, 6.45) is 1.43. The highest BCUT2D eigenvalue weighted by Crippen LogP contribution is 2.39. The molecule has 1 aromatic carbocycles. The van der Waals surface area contributed by atoms with Gasteiger partial charge in [-0.1, -0.05) is 13.0 Å². The van der Waals surface area contributed by atoms with Gasteiger partial charge in [-0.05, 0) is 41.5 Å². The highest BCUT2D eigenvalue weighted by molar-refractivity contribution is 5.46. The number of nitrogens with zero attached hydrogens (tertiary/aromatic N) is 1. The van der Waals surface area contributed by atoms with Crippen LogP contribution < -0.4 is 5.73 Å². The fourth-order valence-corrected chi connectivity index (χ4v) is 2.60. The van der Waals surface area contributed by atoms with Gasteiger partial charge in [-0.25, -0.2) is 0 Å². The Morgan fingerprint density at radius 2 is 2.07 bits per heavy atom. The molecule has 0 radical (unpaired) electrons. The molecule has 3 rings (SSSR count). The molecule has 1 aliphatic carbocycles. The first kappa shape index (κ1) is 9.22. The van der Waals surface area contributed by atoms with Crippen LogP contribution in [0, 0.1) is 11.8 Å². The van der Waals surface area contributed by atoms with Gasteiger partial charge in [0.05, 0.1) is 0 Å². The summed E-state index contributed by atoms with van der Waals surface area (Å²) in [5.41, 5.74) is 9.60. The number of rotatable bonds is 2. The van der Waals surface area contributed by atoms with Crippen molar-refractivity contribution in [2.24, 2.45) is 11.8 Å². The average Bonchev–Trinajstić information content (AvgIpc) is 2.75. The standard InChI is InChI=1S/C13H18N2/c1-9-4-11(9)7-15-6-10-2-3-13(14)5-12(10)8-15/h2-3,5,9,11H,4,6-8,14H2,1H3. The Morgan fingerprint density at radius 3 is 2.80 bits per heavy atom. The predicted molar refractivity (Wildman–Crippen MR) is 62.2 cm³/mol. The van der Waals surface area contributed by atoms with Crippen molar-refractivity contribution in [3.8, 4) is 0 Å². The van der Waals surface area contributed by atoms with Gasteiger partial charge >= 0.3 is 0 Å². The number of anilines is 1. The summed E-state index contributed by atoms with van der Waals surface area (Å²) in [5.74, 6) is 1.91. The molecule has 2 N–H and O–H groups in total. The lowest BCUT2D eigenvalue weighted by Gasteiger charge is -2.13. The lowest BCUT2D eigenvalue weighted by molar-refractivity contribution is 0.267. The monoisotopic (exact) mass is 202 g/mol. The molecule has 0 aromatic heterocycles. The third kappa shape index (κ3) is 1.74. The van der Waals surface area contributed by atoms with Crippen LogP contribution in [0.15, 0.2) is 18.2 Å². The van der Waals surface area contributed by atoms with Crippen molar-refractivity contribution >= 4 is 5.69 Å². The molecule has 0 saturated heterocycles. The quantitative estimate of drug-likeness (QED) is 0.745. The van der Waals surface area contributed by atoms with Gasteiger partial charge in [0.1, 0.15) is 0 Å². The van der Waals surface area contributed by atoms with Crippen LogP contribution >= 0.6 is 0 Å². The maximum Gasteiger partial charge on any atom is 0.0317 e. The Hall–Kier alpha value is -1.02. The fourth-order valence-electron chi connectivity index (χ4n) is 2.60. The molecule has 0 spiro atoms. The molecule has 1 heterocycles. The van der Waals surface area contributed by atoms with E-state index in [0.717, 1.165) is 30.6 Å². The minimum absolute atomic E-state index is 0.899. The zero-order valence-corrected chi connectivity index (χ0v) is 9.24. The van der Waals surface area contributed by atoms with E-state index >= 15 is 0 Å². The Bertz CT molecular complexity index is 386. The van der Waals surface area contributed by atoms with Gasteiger partial charge in [-0.15, -0.1) is 0 Å². The first-order valence-corrected chi connectivity index (χ1v) is 5.82. The summed E-state index contributed by atoms with van der Waals surface area (Å²) in [6, 6.07) is 6.33. The Labute approximate surface area is 91.1 Å². The first-order chi connectivity index (χ1) is 7.22. The smallest absolute Gasteiger partial charge is 0.0317 e. The van der Waals surface area contributed by atoms with Crippen molar-refractivity contribution in [2.45, 2.75) is 26.4 Å². The van der Waals surface area contributed by atoms with E-state index in [1.165, 1.54) is 24.1 Å². The van der Waals surface area contributed by atoms with Crippen molar-refractivity contribution in [2.75, 3.05) is 12.3 Å². The molecule has 2 unspecified atom stereocenters. The van der Waals surface area contributed by atoms with Crippen LogP contribution in [-0.4, -0.2) is 11.4 Å². The lowest BCUT2D eigenvalue weighted by atomic mass is 10.1. The van der Waals surface area contributed by atoms with Crippen molar-refractivity contribution in [1.82, 2.24) is 4.90 Å². The van der Waals surface area contributed by atoms with Gasteiger partial charge in [0.25, 0.3) is 0 Å². The van der Waals surface area contributed by atoms with Gasteiger partial charge < -0.3 is 5.73 Å². The summed E-state index contributed by atoms with van der Waals surface area (Å²) >= 11 is 0. The average molecular weight is 202 g/mol. The molecule has 1 fully saturated rings. The maximum atomic E-state index is 5.79. The third-order valence-corrected chi connectivity index (χ3v) is 3.79. The van der Waals surface area contributed by atoms with Crippen LogP contribution in [0.5, 0.6) is 0 Å². The van der Waals surface area contributed by atoms with Gasteiger partial charge in [0.15, 0.2) is 0 Å². The number of hydrogen-bond acceptors (Lipinski definition) is 2. The van der Waals surface area contributed by atoms with Gasteiger partial charge in [-0.3, -0.25) is 4.90 Å². The normalized spacial score (nSPS) is 29.1. The van der Waals surface area contributed by atoms with E-state index in [9.17, 15) is 0 Å².